The number of amides is 2. The van der Waals surface area contributed by atoms with E-state index in [4.69, 9.17) is 0 Å². The Hall–Kier alpha value is -2.97. The maximum absolute atomic E-state index is 12.9. The third-order valence-electron chi connectivity index (χ3n) is 5.12. The van der Waals surface area contributed by atoms with Gasteiger partial charge in [-0.2, -0.15) is 13.2 Å². The average molecular weight is 434 g/mol. The molecule has 2 amide bonds. The van der Waals surface area contributed by atoms with Gasteiger partial charge in [0.15, 0.2) is 5.82 Å². The van der Waals surface area contributed by atoms with Crippen LogP contribution >= 0.6 is 0 Å². The zero-order valence-corrected chi connectivity index (χ0v) is 17.7. The van der Waals surface area contributed by atoms with E-state index in [1.54, 1.807) is 0 Å². The van der Waals surface area contributed by atoms with Crippen molar-refractivity contribution in [2.45, 2.75) is 45.8 Å². The van der Waals surface area contributed by atoms with E-state index < -0.39 is 17.2 Å². The summed E-state index contributed by atoms with van der Waals surface area (Å²) in [7, 11) is 0. The van der Waals surface area contributed by atoms with Crippen LogP contribution in [0.3, 0.4) is 0 Å². The zero-order valence-electron chi connectivity index (χ0n) is 17.7. The summed E-state index contributed by atoms with van der Waals surface area (Å²) in [5.74, 6) is -0.149. The maximum atomic E-state index is 12.9. The highest BCUT2D eigenvalue weighted by Gasteiger charge is 2.31. The monoisotopic (exact) mass is 434 g/mol. The molecule has 1 aliphatic heterocycles. The molecule has 0 atom stereocenters. The van der Waals surface area contributed by atoms with Gasteiger partial charge in [-0.1, -0.05) is 32.9 Å². The van der Waals surface area contributed by atoms with Crippen LogP contribution < -0.4 is 5.32 Å². The van der Waals surface area contributed by atoms with Crippen LogP contribution in [0.2, 0.25) is 0 Å². The summed E-state index contributed by atoms with van der Waals surface area (Å²) in [6.45, 7) is 6.79. The van der Waals surface area contributed by atoms with E-state index in [-0.39, 0.29) is 34.8 Å². The van der Waals surface area contributed by atoms with Crippen LogP contribution in [-0.2, 0) is 11.0 Å². The van der Waals surface area contributed by atoms with Gasteiger partial charge in [-0.3, -0.25) is 9.59 Å². The first-order valence-electron chi connectivity index (χ1n) is 10.0. The van der Waals surface area contributed by atoms with Crippen LogP contribution in [-0.4, -0.2) is 45.8 Å². The first-order valence-corrected chi connectivity index (χ1v) is 10.0. The Labute approximate surface area is 178 Å². The quantitative estimate of drug-likeness (QED) is 0.794. The van der Waals surface area contributed by atoms with Gasteiger partial charge in [0.2, 0.25) is 5.91 Å². The van der Waals surface area contributed by atoms with Gasteiger partial charge in [0.05, 0.1) is 11.1 Å². The second-order valence-corrected chi connectivity index (χ2v) is 8.66. The molecule has 6 nitrogen and oxygen atoms in total. The first-order chi connectivity index (χ1) is 14.4. The number of nitrogens with zero attached hydrogens (tertiary/aromatic N) is 3. The predicted molar refractivity (Wildman–Crippen MR) is 109 cm³/mol. The number of benzene rings is 1. The van der Waals surface area contributed by atoms with Gasteiger partial charge in [-0.15, -0.1) is 0 Å². The third-order valence-corrected chi connectivity index (χ3v) is 5.12. The lowest BCUT2D eigenvalue weighted by Gasteiger charge is -2.36. The van der Waals surface area contributed by atoms with E-state index in [1.807, 2.05) is 25.7 Å². The smallest absolute Gasteiger partial charge is 0.349 e. The van der Waals surface area contributed by atoms with Crippen molar-refractivity contribution < 1.29 is 22.8 Å². The molecule has 166 valence electrons. The van der Waals surface area contributed by atoms with Crippen LogP contribution in [0.5, 0.6) is 0 Å². The minimum absolute atomic E-state index is 0.0698. The molecule has 1 N–H and O–H groups in total. The summed E-state index contributed by atoms with van der Waals surface area (Å²) in [4.78, 5) is 34.8. The van der Waals surface area contributed by atoms with Crippen molar-refractivity contribution in [2.75, 3.05) is 13.1 Å². The maximum Gasteiger partial charge on any atom is 0.416 e. The number of carbonyl (C=O) groups excluding carboxylic acids is 2. The molecule has 0 aliphatic carbocycles. The number of halogens is 3. The normalized spacial score (nSPS) is 15.6. The molecular formula is C22H25F3N4O2. The largest absolute Gasteiger partial charge is 0.416 e. The van der Waals surface area contributed by atoms with Crippen molar-refractivity contribution >= 4 is 11.8 Å². The van der Waals surface area contributed by atoms with E-state index in [2.05, 4.69) is 15.3 Å². The highest BCUT2D eigenvalue weighted by Crippen LogP contribution is 2.31. The van der Waals surface area contributed by atoms with Crippen LogP contribution in [0.25, 0.3) is 11.4 Å². The Morgan fingerprint density at radius 1 is 1.06 bits per heavy atom. The molecule has 1 aliphatic rings. The molecule has 0 saturated carbocycles. The standard InChI is InChI=1S/C22H25F3N4O2/c1-21(2,3)20(31)29-9-7-17(8-10-29)28-19(30)15-12-26-18(27-13-15)14-5-4-6-16(11-14)22(23,24)25/h4-6,11-13,17H,7-10H2,1-3H3,(H,28,30). The minimum atomic E-state index is -4.46. The van der Waals surface area contributed by atoms with Crippen molar-refractivity contribution in [1.29, 1.82) is 0 Å². The SMILES string of the molecule is CC(C)(C)C(=O)N1CCC(NC(=O)c2cnc(-c3cccc(C(F)(F)F)c3)nc2)CC1. The Kier molecular flexibility index (Phi) is 6.33. The van der Waals surface area contributed by atoms with Crippen molar-refractivity contribution in [1.82, 2.24) is 20.2 Å². The Morgan fingerprint density at radius 3 is 2.23 bits per heavy atom. The summed E-state index contributed by atoms with van der Waals surface area (Å²) >= 11 is 0. The number of alkyl halides is 3. The molecule has 1 fully saturated rings. The molecule has 0 unspecified atom stereocenters. The van der Waals surface area contributed by atoms with E-state index in [9.17, 15) is 22.8 Å². The van der Waals surface area contributed by atoms with Gasteiger partial charge in [-0.05, 0) is 25.0 Å². The average Bonchev–Trinajstić information content (AvgIpc) is 2.73. The Balaban J connectivity index is 1.60. The number of carbonyl (C=O) groups is 2. The highest BCUT2D eigenvalue weighted by molar-refractivity contribution is 5.94. The predicted octanol–water partition coefficient (Wildman–Crippen LogP) is 3.93. The Bertz CT molecular complexity index is 944. The summed E-state index contributed by atoms with van der Waals surface area (Å²) in [6.07, 6.45) is -0.553. The van der Waals surface area contributed by atoms with E-state index in [1.165, 1.54) is 24.5 Å². The summed E-state index contributed by atoms with van der Waals surface area (Å²) in [6, 6.07) is 4.66. The van der Waals surface area contributed by atoms with Gasteiger partial charge < -0.3 is 10.2 Å². The molecule has 1 aromatic heterocycles. The van der Waals surface area contributed by atoms with E-state index in [0.29, 0.717) is 25.9 Å². The number of piperidine rings is 1. The van der Waals surface area contributed by atoms with Crippen molar-refractivity contribution in [3.8, 4) is 11.4 Å². The van der Waals surface area contributed by atoms with Crippen molar-refractivity contribution in [3.63, 3.8) is 0 Å². The number of nitrogens with one attached hydrogen (secondary N) is 1. The topological polar surface area (TPSA) is 75.2 Å². The minimum Gasteiger partial charge on any atom is -0.349 e. The zero-order chi connectivity index (χ0) is 22.8. The molecule has 9 heteroatoms. The van der Waals surface area contributed by atoms with Gasteiger partial charge >= 0.3 is 6.18 Å². The fourth-order valence-corrected chi connectivity index (χ4v) is 3.40. The first kappa shape index (κ1) is 22.7. The number of rotatable bonds is 3. The number of hydrogen-bond donors (Lipinski definition) is 1. The molecular weight excluding hydrogens is 409 g/mol. The molecule has 0 bridgehead atoms. The lowest BCUT2D eigenvalue weighted by Crippen LogP contribution is -2.49. The van der Waals surface area contributed by atoms with Gasteiger partial charge in [-0.25, -0.2) is 9.97 Å². The van der Waals surface area contributed by atoms with Crippen molar-refractivity contribution in [2.24, 2.45) is 5.41 Å². The molecule has 2 heterocycles. The fraction of sp³-hybridized carbons (Fsp3) is 0.455. The lowest BCUT2D eigenvalue weighted by atomic mass is 9.93. The summed E-state index contributed by atoms with van der Waals surface area (Å²) in [5, 5.41) is 2.92. The van der Waals surface area contributed by atoms with Gasteiger partial charge in [0, 0.05) is 42.5 Å². The number of aromatic nitrogens is 2. The third kappa shape index (κ3) is 5.59. The van der Waals surface area contributed by atoms with Gasteiger partial charge in [0.1, 0.15) is 0 Å². The molecule has 0 spiro atoms. The Morgan fingerprint density at radius 2 is 1.68 bits per heavy atom. The van der Waals surface area contributed by atoms with Crippen molar-refractivity contribution in [3.05, 3.63) is 47.8 Å². The fourth-order valence-electron chi connectivity index (χ4n) is 3.40. The van der Waals surface area contributed by atoms with E-state index in [0.717, 1.165) is 12.1 Å². The second-order valence-electron chi connectivity index (χ2n) is 8.66. The van der Waals surface area contributed by atoms with Gasteiger partial charge in [0.25, 0.3) is 5.91 Å². The lowest BCUT2D eigenvalue weighted by molar-refractivity contribution is -0.140. The molecule has 0 radical (unpaired) electrons. The second kappa shape index (κ2) is 8.64. The number of likely N-dealkylation sites (tertiary alicyclic amines) is 1. The molecule has 3 rings (SSSR count). The molecule has 2 aromatic rings. The molecule has 1 aromatic carbocycles. The van der Waals surface area contributed by atoms with Crippen LogP contribution in [0.4, 0.5) is 13.2 Å². The van der Waals surface area contributed by atoms with Crippen LogP contribution in [0, 0.1) is 5.41 Å². The highest BCUT2D eigenvalue weighted by atomic mass is 19.4. The number of hydrogen-bond acceptors (Lipinski definition) is 4. The molecule has 1 saturated heterocycles. The van der Waals surface area contributed by atoms with Crippen LogP contribution in [0.15, 0.2) is 36.7 Å². The van der Waals surface area contributed by atoms with Crippen LogP contribution in [0.1, 0.15) is 49.5 Å². The molecule has 31 heavy (non-hydrogen) atoms. The summed E-state index contributed by atoms with van der Waals surface area (Å²) in [5.41, 5.74) is -0.775. The summed E-state index contributed by atoms with van der Waals surface area (Å²) < 4.78 is 38.7. The van der Waals surface area contributed by atoms with E-state index >= 15 is 0 Å².